The zero-order chi connectivity index (χ0) is 20.3. The Morgan fingerprint density at radius 3 is 2.25 bits per heavy atom. The van der Waals surface area contributed by atoms with E-state index in [4.69, 9.17) is 0 Å². The molecule has 5 heteroatoms. The number of imide groups is 1. The summed E-state index contributed by atoms with van der Waals surface area (Å²) in [5.41, 5.74) is 1.27. The largest absolute Gasteiger partial charge is 0.325 e. The molecule has 3 rings (SSSR count). The Hall–Kier alpha value is -2.95. The van der Waals surface area contributed by atoms with E-state index in [9.17, 15) is 14.4 Å². The second-order valence-electron chi connectivity index (χ2n) is 7.54. The molecule has 2 aromatic carbocycles. The molecule has 1 atom stereocenters. The minimum atomic E-state index is -1.10. The average molecular weight is 378 g/mol. The summed E-state index contributed by atoms with van der Waals surface area (Å²) in [5.74, 6) is -0.243. The van der Waals surface area contributed by atoms with Crippen LogP contribution in [0.5, 0.6) is 0 Å². The fourth-order valence-electron chi connectivity index (χ4n) is 3.67. The summed E-state index contributed by atoms with van der Waals surface area (Å²) < 4.78 is 0. The van der Waals surface area contributed by atoms with Gasteiger partial charge in [0.05, 0.1) is 6.54 Å². The van der Waals surface area contributed by atoms with Crippen LogP contribution in [0.3, 0.4) is 0 Å². The van der Waals surface area contributed by atoms with Gasteiger partial charge in [0.1, 0.15) is 5.54 Å². The molecule has 1 unspecified atom stereocenters. The molecule has 1 heterocycles. The molecule has 28 heavy (non-hydrogen) atoms. The van der Waals surface area contributed by atoms with E-state index in [1.807, 2.05) is 49.4 Å². The van der Waals surface area contributed by atoms with E-state index in [1.165, 1.54) is 0 Å². The first-order valence-electron chi connectivity index (χ1n) is 9.72. The zero-order valence-corrected chi connectivity index (χ0v) is 16.6. The highest BCUT2D eigenvalue weighted by atomic mass is 16.2. The summed E-state index contributed by atoms with van der Waals surface area (Å²) >= 11 is 0. The highest BCUT2D eigenvalue weighted by Gasteiger charge is 2.52. The van der Waals surface area contributed by atoms with Crippen molar-refractivity contribution in [1.82, 2.24) is 10.2 Å². The molecule has 0 bridgehead atoms. The first-order valence-corrected chi connectivity index (χ1v) is 9.72. The van der Waals surface area contributed by atoms with Gasteiger partial charge in [-0.05, 0) is 23.5 Å². The molecule has 1 saturated heterocycles. The number of benzene rings is 2. The lowest BCUT2D eigenvalue weighted by molar-refractivity contribution is -0.131. The number of carbonyl (C=O) groups excluding carboxylic acids is 3. The van der Waals surface area contributed by atoms with Crippen molar-refractivity contribution in [2.45, 2.75) is 45.1 Å². The number of hydrogen-bond donors (Lipinski definition) is 1. The van der Waals surface area contributed by atoms with E-state index >= 15 is 0 Å². The van der Waals surface area contributed by atoms with Crippen LogP contribution < -0.4 is 5.32 Å². The Bertz CT molecular complexity index is 874. The standard InChI is InChI=1S/C23H26N2O3/c1-4-14-23(19-8-6-5-7-9-19)21(27)25(22(28)24-23)15-20(26)18-12-10-17(11-13-18)16(2)3/h5-13,16H,4,14-15H2,1-3H3,(H,24,28). The minimum Gasteiger partial charge on any atom is -0.319 e. The van der Waals surface area contributed by atoms with Crippen molar-refractivity contribution >= 4 is 17.7 Å². The van der Waals surface area contributed by atoms with E-state index in [-0.39, 0.29) is 18.2 Å². The van der Waals surface area contributed by atoms with Gasteiger partial charge >= 0.3 is 6.03 Å². The van der Waals surface area contributed by atoms with E-state index in [2.05, 4.69) is 19.2 Å². The summed E-state index contributed by atoms with van der Waals surface area (Å²) in [6.45, 7) is 5.88. The Kier molecular flexibility index (Phi) is 5.63. The number of carbonyl (C=O) groups is 3. The van der Waals surface area contributed by atoms with Gasteiger partial charge < -0.3 is 5.32 Å². The minimum absolute atomic E-state index is 0.251. The van der Waals surface area contributed by atoms with Crippen molar-refractivity contribution in [2.75, 3.05) is 6.54 Å². The van der Waals surface area contributed by atoms with Crippen molar-refractivity contribution in [2.24, 2.45) is 0 Å². The fourth-order valence-corrected chi connectivity index (χ4v) is 3.67. The summed E-state index contributed by atoms with van der Waals surface area (Å²) in [6, 6.07) is 16.0. The zero-order valence-electron chi connectivity index (χ0n) is 16.6. The number of urea groups is 1. The number of amides is 3. The lowest BCUT2D eigenvalue weighted by Crippen LogP contribution is -2.44. The predicted molar refractivity (Wildman–Crippen MR) is 108 cm³/mol. The van der Waals surface area contributed by atoms with E-state index < -0.39 is 11.6 Å². The molecule has 1 aliphatic rings. The Balaban J connectivity index is 1.84. The smallest absolute Gasteiger partial charge is 0.319 e. The molecule has 0 radical (unpaired) electrons. The SMILES string of the molecule is CCCC1(c2ccccc2)NC(=O)N(CC(=O)c2ccc(C(C)C)cc2)C1=O. The van der Waals surface area contributed by atoms with Crippen LogP contribution in [0.2, 0.25) is 0 Å². The number of ketones is 1. The Morgan fingerprint density at radius 1 is 1.04 bits per heavy atom. The highest BCUT2D eigenvalue weighted by Crippen LogP contribution is 2.33. The topological polar surface area (TPSA) is 66.5 Å². The van der Waals surface area contributed by atoms with Crippen molar-refractivity contribution in [3.8, 4) is 0 Å². The maximum absolute atomic E-state index is 13.2. The average Bonchev–Trinajstić information content (AvgIpc) is 2.94. The fraction of sp³-hybridized carbons (Fsp3) is 0.348. The first-order chi connectivity index (χ1) is 13.4. The molecule has 0 aliphatic carbocycles. The van der Waals surface area contributed by atoms with Gasteiger partial charge in [-0.2, -0.15) is 0 Å². The quantitative estimate of drug-likeness (QED) is 0.579. The first kappa shape index (κ1) is 19.8. The van der Waals surface area contributed by atoms with E-state index in [0.29, 0.717) is 17.9 Å². The molecule has 1 aliphatic heterocycles. The predicted octanol–water partition coefficient (Wildman–Crippen LogP) is 4.24. The molecule has 3 amide bonds. The Labute approximate surface area is 165 Å². The summed E-state index contributed by atoms with van der Waals surface area (Å²) in [5, 5.41) is 2.85. The maximum atomic E-state index is 13.2. The van der Waals surface area contributed by atoms with Crippen LogP contribution in [0, 0.1) is 0 Å². The van der Waals surface area contributed by atoms with Gasteiger partial charge in [-0.25, -0.2) is 4.79 Å². The van der Waals surface area contributed by atoms with Crippen molar-refractivity contribution in [1.29, 1.82) is 0 Å². The number of Topliss-reactive ketones (excluding diaryl/α,β-unsaturated/α-hetero) is 1. The van der Waals surface area contributed by atoms with Crippen LogP contribution in [0.25, 0.3) is 0 Å². The lowest BCUT2D eigenvalue weighted by Gasteiger charge is -2.26. The van der Waals surface area contributed by atoms with Gasteiger partial charge in [0, 0.05) is 5.56 Å². The van der Waals surface area contributed by atoms with Crippen LogP contribution >= 0.6 is 0 Å². The Morgan fingerprint density at radius 2 is 1.68 bits per heavy atom. The third kappa shape index (κ3) is 3.57. The molecule has 2 aromatic rings. The number of nitrogens with zero attached hydrogens (tertiary/aromatic N) is 1. The van der Waals surface area contributed by atoms with Gasteiger partial charge in [0.15, 0.2) is 5.78 Å². The van der Waals surface area contributed by atoms with Crippen molar-refractivity contribution in [3.63, 3.8) is 0 Å². The third-order valence-electron chi connectivity index (χ3n) is 5.27. The molecule has 0 spiro atoms. The molecule has 0 saturated carbocycles. The van der Waals surface area contributed by atoms with Gasteiger partial charge in [-0.15, -0.1) is 0 Å². The molecular formula is C23H26N2O3. The van der Waals surface area contributed by atoms with Crippen LogP contribution in [0.15, 0.2) is 54.6 Å². The van der Waals surface area contributed by atoms with Crippen LogP contribution in [-0.2, 0) is 10.3 Å². The highest BCUT2D eigenvalue weighted by molar-refractivity contribution is 6.11. The summed E-state index contributed by atoms with van der Waals surface area (Å²) in [7, 11) is 0. The van der Waals surface area contributed by atoms with E-state index in [0.717, 1.165) is 22.4 Å². The van der Waals surface area contributed by atoms with Gasteiger partial charge in [0.25, 0.3) is 5.91 Å². The molecular weight excluding hydrogens is 352 g/mol. The normalized spacial score (nSPS) is 19.2. The van der Waals surface area contributed by atoms with Gasteiger partial charge in [0.2, 0.25) is 0 Å². The molecule has 1 fully saturated rings. The van der Waals surface area contributed by atoms with Crippen LogP contribution in [0.4, 0.5) is 4.79 Å². The third-order valence-corrected chi connectivity index (χ3v) is 5.27. The number of hydrogen-bond acceptors (Lipinski definition) is 3. The summed E-state index contributed by atoms with van der Waals surface area (Å²) in [4.78, 5) is 39.6. The van der Waals surface area contributed by atoms with Crippen LogP contribution in [0.1, 0.15) is 61.0 Å². The van der Waals surface area contributed by atoms with Crippen LogP contribution in [-0.4, -0.2) is 29.2 Å². The van der Waals surface area contributed by atoms with Crippen molar-refractivity contribution in [3.05, 3.63) is 71.3 Å². The second kappa shape index (κ2) is 7.97. The number of nitrogens with one attached hydrogen (secondary N) is 1. The molecule has 146 valence electrons. The monoisotopic (exact) mass is 378 g/mol. The maximum Gasteiger partial charge on any atom is 0.325 e. The molecule has 5 nitrogen and oxygen atoms in total. The lowest BCUT2D eigenvalue weighted by atomic mass is 9.85. The molecule has 1 N–H and O–H groups in total. The second-order valence-corrected chi connectivity index (χ2v) is 7.54. The van der Waals surface area contributed by atoms with Gasteiger partial charge in [-0.1, -0.05) is 81.8 Å². The van der Waals surface area contributed by atoms with Gasteiger partial charge in [-0.3, -0.25) is 14.5 Å². The van der Waals surface area contributed by atoms with E-state index in [1.54, 1.807) is 12.1 Å². The van der Waals surface area contributed by atoms with Crippen molar-refractivity contribution < 1.29 is 14.4 Å². The summed E-state index contributed by atoms with van der Waals surface area (Å²) in [6.07, 6.45) is 1.20. The molecule has 0 aromatic heterocycles. The number of rotatable bonds is 7.